The lowest BCUT2D eigenvalue weighted by Gasteiger charge is -2.24. The second-order valence-corrected chi connectivity index (χ2v) is 10.4. The molecule has 0 fully saturated rings. The number of aromatic nitrogens is 1. The Kier molecular flexibility index (Phi) is 3.82. The van der Waals surface area contributed by atoms with Crippen molar-refractivity contribution in [2.45, 2.75) is 19.3 Å². The molecule has 7 rings (SSSR count). The molecule has 0 spiro atoms. The molecule has 1 aliphatic rings. The van der Waals surface area contributed by atoms with Gasteiger partial charge < -0.3 is 4.57 Å². The summed E-state index contributed by atoms with van der Waals surface area (Å²) in [6.07, 6.45) is 0. The van der Waals surface area contributed by atoms with Crippen molar-refractivity contribution in [1.82, 2.24) is 4.57 Å². The highest BCUT2D eigenvalue weighted by atomic mass is 79.9. The van der Waals surface area contributed by atoms with Crippen molar-refractivity contribution in [3.63, 3.8) is 0 Å². The Morgan fingerprint density at radius 2 is 1.36 bits per heavy atom. The minimum atomic E-state index is -0.127. The van der Waals surface area contributed by atoms with Crippen molar-refractivity contribution in [2.24, 2.45) is 0 Å². The number of nitrogens with zero attached hydrogens (tertiary/aromatic N) is 1. The Hall–Kier alpha value is -3.36. The summed E-state index contributed by atoms with van der Waals surface area (Å²) in [7, 11) is 0. The van der Waals surface area contributed by atoms with Crippen LogP contribution in [0.4, 0.5) is 0 Å². The van der Waals surface area contributed by atoms with E-state index in [-0.39, 0.29) is 5.41 Å². The molecule has 0 bridgehead atoms. The van der Waals surface area contributed by atoms with Crippen molar-refractivity contribution in [3.8, 4) is 16.8 Å². The van der Waals surface area contributed by atoms with Gasteiger partial charge in [0.05, 0.1) is 11.0 Å². The van der Waals surface area contributed by atoms with Crippen molar-refractivity contribution < 1.29 is 0 Å². The Bertz CT molecular complexity index is 1740. The molecule has 1 aliphatic carbocycles. The normalized spacial score (nSPS) is 14.2. The van der Waals surface area contributed by atoms with E-state index in [1.807, 2.05) is 0 Å². The third kappa shape index (κ3) is 2.42. The maximum Gasteiger partial charge on any atom is 0.0594 e. The number of benzene rings is 5. The molecule has 0 saturated carbocycles. The quantitative estimate of drug-likeness (QED) is 0.218. The first kappa shape index (κ1) is 19.1. The lowest BCUT2D eigenvalue weighted by Crippen LogP contribution is -2.16. The highest BCUT2D eigenvalue weighted by Crippen LogP contribution is 2.56. The van der Waals surface area contributed by atoms with Gasteiger partial charge in [0.25, 0.3) is 0 Å². The summed E-state index contributed by atoms with van der Waals surface area (Å²) in [5.41, 5.74) is 9.19. The molecule has 2 heteroatoms. The Balaban J connectivity index is 1.83. The number of rotatable bonds is 1. The van der Waals surface area contributed by atoms with Gasteiger partial charge in [-0.1, -0.05) is 96.5 Å². The summed E-state index contributed by atoms with van der Waals surface area (Å²) in [4.78, 5) is 0. The average Bonchev–Trinajstić information content (AvgIpc) is 3.29. The molecule has 0 amide bonds. The average molecular weight is 488 g/mol. The van der Waals surface area contributed by atoms with Gasteiger partial charge in [-0.25, -0.2) is 0 Å². The Morgan fingerprint density at radius 3 is 2.15 bits per heavy atom. The van der Waals surface area contributed by atoms with E-state index in [2.05, 4.69) is 131 Å². The SMILES string of the molecule is CC1(C)c2cc(Br)ccc2-c2c1c1c(c3ccccc23)c2ccccc2n1-c1ccccc1. The third-order valence-corrected chi connectivity index (χ3v) is 7.88. The van der Waals surface area contributed by atoms with E-state index < -0.39 is 0 Å². The molecule has 5 aromatic carbocycles. The fourth-order valence-electron chi connectivity index (χ4n) is 6.04. The first-order valence-electron chi connectivity index (χ1n) is 11.4. The van der Waals surface area contributed by atoms with Crippen molar-refractivity contribution in [1.29, 1.82) is 0 Å². The van der Waals surface area contributed by atoms with Crippen LogP contribution in [0, 0.1) is 0 Å². The van der Waals surface area contributed by atoms with Crippen LogP contribution in [-0.4, -0.2) is 4.57 Å². The molecule has 0 radical (unpaired) electrons. The summed E-state index contributed by atoms with van der Waals surface area (Å²) >= 11 is 3.73. The first-order valence-corrected chi connectivity index (χ1v) is 12.2. The van der Waals surface area contributed by atoms with Crippen LogP contribution in [0.15, 0.2) is 102 Å². The summed E-state index contributed by atoms with van der Waals surface area (Å²) in [6.45, 7) is 4.76. The van der Waals surface area contributed by atoms with E-state index in [4.69, 9.17) is 0 Å². The smallest absolute Gasteiger partial charge is 0.0594 e. The summed E-state index contributed by atoms with van der Waals surface area (Å²) < 4.78 is 3.62. The molecule has 1 heterocycles. The molecular formula is C31H22BrN. The first-order chi connectivity index (χ1) is 16.1. The number of halogens is 1. The van der Waals surface area contributed by atoms with E-state index in [1.165, 1.54) is 60.5 Å². The van der Waals surface area contributed by atoms with Crippen LogP contribution in [0.3, 0.4) is 0 Å². The Labute approximate surface area is 201 Å². The molecule has 6 aromatic rings. The predicted octanol–water partition coefficient (Wildman–Crippen LogP) is 9.01. The zero-order valence-corrected chi connectivity index (χ0v) is 20.1. The molecule has 1 aromatic heterocycles. The molecule has 0 atom stereocenters. The van der Waals surface area contributed by atoms with Crippen LogP contribution in [0.2, 0.25) is 0 Å². The van der Waals surface area contributed by atoms with Crippen molar-refractivity contribution in [3.05, 3.63) is 113 Å². The molecule has 158 valence electrons. The molecule has 0 aliphatic heterocycles. The van der Waals surface area contributed by atoms with E-state index in [9.17, 15) is 0 Å². The van der Waals surface area contributed by atoms with Crippen LogP contribution in [0.25, 0.3) is 49.4 Å². The lowest BCUT2D eigenvalue weighted by atomic mass is 9.80. The molecule has 0 N–H and O–H groups in total. The summed E-state index contributed by atoms with van der Waals surface area (Å²) in [5, 5.41) is 5.32. The lowest BCUT2D eigenvalue weighted by molar-refractivity contribution is 0.664. The minimum absolute atomic E-state index is 0.127. The van der Waals surface area contributed by atoms with Gasteiger partial charge in [0.2, 0.25) is 0 Å². The molecular weight excluding hydrogens is 466 g/mol. The highest BCUT2D eigenvalue weighted by molar-refractivity contribution is 9.10. The number of para-hydroxylation sites is 2. The van der Waals surface area contributed by atoms with E-state index in [1.54, 1.807) is 0 Å². The van der Waals surface area contributed by atoms with E-state index in [0.717, 1.165) is 4.47 Å². The third-order valence-electron chi connectivity index (χ3n) is 7.39. The van der Waals surface area contributed by atoms with Crippen molar-refractivity contribution >= 4 is 48.5 Å². The van der Waals surface area contributed by atoms with Crippen LogP contribution in [-0.2, 0) is 5.41 Å². The maximum absolute atomic E-state index is 3.73. The topological polar surface area (TPSA) is 4.93 Å². The van der Waals surface area contributed by atoms with Crippen LogP contribution >= 0.6 is 15.9 Å². The largest absolute Gasteiger partial charge is 0.309 e. The van der Waals surface area contributed by atoms with Gasteiger partial charge in [0, 0.05) is 26.3 Å². The van der Waals surface area contributed by atoms with E-state index >= 15 is 0 Å². The van der Waals surface area contributed by atoms with E-state index in [0.29, 0.717) is 0 Å². The number of fused-ring (bicyclic) bond motifs is 10. The van der Waals surface area contributed by atoms with Gasteiger partial charge in [0.15, 0.2) is 0 Å². The standard InChI is InChI=1S/C31H22BrN/c1-31(2)25-18-19(32)16-17-23(25)27-21-12-6-7-13-22(21)28-24-14-8-9-15-26(24)33(30(28)29(27)31)20-10-4-3-5-11-20/h3-18H,1-2H3. The molecule has 1 nitrogen and oxygen atoms in total. The summed E-state index contributed by atoms with van der Waals surface area (Å²) in [5.74, 6) is 0. The minimum Gasteiger partial charge on any atom is -0.309 e. The number of hydrogen-bond donors (Lipinski definition) is 0. The highest BCUT2D eigenvalue weighted by Gasteiger charge is 2.40. The van der Waals surface area contributed by atoms with Gasteiger partial charge in [-0.2, -0.15) is 0 Å². The van der Waals surface area contributed by atoms with Crippen LogP contribution in [0.1, 0.15) is 25.0 Å². The monoisotopic (exact) mass is 487 g/mol. The zero-order valence-electron chi connectivity index (χ0n) is 18.6. The van der Waals surface area contributed by atoms with Gasteiger partial charge in [-0.05, 0) is 63.4 Å². The van der Waals surface area contributed by atoms with Gasteiger partial charge in [-0.15, -0.1) is 0 Å². The second-order valence-electron chi connectivity index (χ2n) is 9.52. The van der Waals surface area contributed by atoms with Crippen LogP contribution in [0.5, 0.6) is 0 Å². The van der Waals surface area contributed by atoms with Gasteiger partial charge in [-0.3, -0.25) is 0 Å². The zero-order chi connectivity index (χ0) is 22.3. The van der Waals surface area contributed by atoms with Crippen molar-refractivity contribution in [2.75, 3.05) is 0 Å². The van der Waals surface area contributed by atoms with Gasteiger partial charge >= 0.3 is 0 Å². The molecule has 0 unspecified atom stereocenters. The fraction of sp³-hybridized carbons (Fsp3) is 0.0968. The summed E-state index contributed by atoms with van der Waals surface area (Å²) in [6, 6.07) is 35.4. The van der Waals surface area contributed by atoms with Crippen LogP contribution < -0.4 is 0 Å². The number of hydrogen-bond acceptors (Lipinski definition) is 0. The fourth-order valence-corrected chi connectivity index (χ4v) is 6.40. The molecule has 33 heavy (non-hydrogen) atoms. The Morgan fingerprint density at radius 1 is 0.697 bits per heavy atom. The maximum atomic E-state index is 3.73. The second kappa shape index (κ2) is 6.59. The molecule has 0 saturated heterocycles. The predicted molar refractivity (Wildman–Crippen MR) is 144 cm³/mol. The van der Waals surface area contributed by atoms with Gasteiger partial charge in [0.1, 0.15) is 0 Å².